The Morgan fingerprint density at radius 3 is 2.34 bits per heavy atom. The first kappa shape index (κ1) is 27.4. The molecule has 3 aromatic carbocycles. The number of rotatable bonds is 6. The average Bonchev–Trinajstić information content (AvgIpc) is 3.50. The summed E-state index contributed by atoms with van der Waals surface area (Å²) in [6, 6.07) is 15.7. The number of aromatic amines is 1. The van der Waals surface area contributed by atoms with Gasteiger partial charge in [0, 0.05) is 22.9 Å². The zero-order valence-electron chi connectivity index (χ0n) is 21.6. The van der Waals surface area contributed by atoms with Crippen LogP contribution in [0.1, 0.15) is 33.1 Å². The number of nitrogens with zero attached hydrogens (tertiary/aromatic N) is 4. The van der Waals surface area contributed by atoms with Gasteiger partial charge in [-0.25, -0.2) is 18.4 Å². The van der Waals surface area contributed by atoms with Crippen LogP contribution >= 0.6 is 0 Å². The van der Waals surface area contributed by atoms with Gasteiger partial charge in [0.1, 0.15) is 28.8 Å². The van der Waals surface area contributed by atoms with Crippen LogP contribution in [-0.2, 0) is 10.0 Å². The van der Waals surface area contributed by atoms with Crippen molar-refractivity contribution in [2.75, 3.05) is 0 Å². The second kappa shape index (κ2) is 10.4. The zero-order valence-corrected chi connectivity index (χ0v) is 22.4. The molecule has 2 heterocycles. The molecule has 0 amide bonds. The van der Waals surface area contributed by atoms with Gasteiger partial charge in [-0.1, -0.05) is 24.3 Å². The van der Waals surface area contributed by atoms with Crippen molar-refractivity contribution in [2.45, 2.75) is 18.7 Å². The number of hydrogen-bond acceptors (Lipinski definition) is 6. The van der Waals surface area contributed by atoms with Crippen molar-refractivity contribution in [3.8, 4) is 0 Å². The molecule has 0 fully saturated rings. The third-order valence-corrected chi connectivity index (χ3v) is 7.34. The summed E-state index contributed by atoms with van der Waals surface area (Å²) in [6.07, 6.45) is 0. The summed E-state index contributed by atoms with van der Waals surface area (Å²) in [7, 11) is -4.42. The van der Waals surface area contributed by atoms with Crippen molar-refractivity contribution in [1.29, 1.82) is 0 Å². The third-order valence-electron chi connectivity index (χ3n) is 6.06. The van der Waals surface area contributed by atoms with Gasteiger partial charge in [-0.15, -0.1) is 4.40 Å². The Kier molecular flexibility index (Phi) is 6.97. The summed E-state index contributed by atoms with van der Waals surface area (Å²) >= 11 is 0. The zero-order chi connectivity index (χ0) is 29.5. The van der Waals surface area contributed by atoms with E-state index in [0.717, 1.165) is 18.2 Å². The van der Waals surface area contributed by atoms with E-state index in [1.54, 1.807) is 44.2 Å². The normalized spacial score (nSPS) is 12.9. The molecule has 0 aliphatic carbocycles. The molecule has 0 unspecified atom stereocenters. The molecule has 0 spiro atoms. The molecule has 13 heteroatoms. The highest BCUT2D eigenvalue weighted by Gasteiger charge is 2.26. The van der Waals surface area contributed by atoms with Crippen LogP contribution in [0.5, 0.6) is 0 Å². The Morgan fingerprint density at radius 2 is 1.68 bits per heavy atom. The molecule has 0 aliphatic heterocycles. The number of hydrogen-bond donors (Lipinski definition) is 3. The molecule has 0 bridgehead atoms. The van der Waals surface area contributed by atoms with Gasteiger partial charge in [-0.2, -0.15) is 13.5 Å². The number of imidazole rings is 1. The number of sulfonamides is 1. The Hall–Kier alpha value is -5.17. The number of Topliss-reactive ketones (excluding diaryl/α,β-unsaturated/α-hetero) is 1. The molecule has 5 rings (SSSR count). The van der Waals surface area contributed by atoms with Crippen LogP contribution in [0.3, 0.4) is 0 Å². The van der Waals surface area contributed by atoms with Crippen molar-refractivity contribution in [3.05, 3.63) is 113 Å². The maximum absolute atomic E-state index is 14.0. The maximum atomic E-state index is 14.0. The van der Waals surface area contributed by atoms with Crippen molar-refractivity contribution >= 4 is 44.1 Å². The van der Waals surface area contributed by atoms with Crippen LogP contribution in [0.15, 0.2) is 82.1 Å². The number of benzene rings is 3. The topological polar surface area (TPSA) is 156 Å². The number of halogens is 2. The summed E-state index contributed by atoms with van der Waals surface area (Å²) in [5, 5.41) is 15.3. The molecule has 208 valence electrons. The number of nitrogens with one attached hydrogen (secondary N) is 1. The van der Waals surface area contributed by atoms with Crippen molar-refractivity contribution in [1.82, 2.24) is 19.7 Å². The first-order chi connectivity index (χ1) is 19.4. The highest BCUT2D eigenvalue weighted by molar-refractivity contribution is 7.90. The fraction of sp³-hybridized carbons (Fsp3) is 0.0714. The van der Waals surface area contributed by atoms with E-state index in [2.05, 4.69) is 19.5 Å². The molecule has 0 radical (unpaired) electrons. The van der Waals surface area contributed by atoms with Gasteiger partial charge in [0.15, 0.2) is 0 Å². The molecule has 10 nitrogen and oxygen atoms in total. The van der Waals surface area contributed by atoms with Gasteiger partial charge in [0.2, 0.25) is 11.7 Å². The SMILES string of the molecule is Cc1cc(C)n(C(N)=NS(=O)(=O)c2cccc(C(=O)C(=C(O)c3cc(F)cc(F)c3)c3nc4ccccc4[nH]3)c2)n1. The Morgan fingerprint density at radius 1 is 0.976 bits per heavy atom. The number of carbonyl (C=O) groups is 1. The minimum atomic E-state index is -4.42. The van der Waals surface area contributed by atoms with E-state index >= 15 is 0 Å². The molecule has 0 saturated heterocycles. The van der Waals surface area contributed by atoms with Crippen molar-refractivity contribution in [2.24, 2.45) is 10.1 Å². The number of fused-ring (bicyclic) bond motifs is 1. The van der Waals surface area contributed by atoms with Crippen LogP contribution < -0.4 is 5.73 Å². The summed E-state index contributed by atoms with van der Waals surface area (Å²) in [6.45, 7) is 3.39. The van der Waals surface area contributed by atoms with E-state index in [1.165, 1.54) is 22.9 Å². The Bertz CT molecular complexity index is 1960. The largest absolute Gasteiger partial charge is 0.506 e. The standard InChI is InChI=1S/C28H22F2N6O4S/c1-15-10-16(2)36(34-15)28(31)35-41(39,40)21-7-5-6-17(13-21)25(37)24(26(38)18-11-19(29)14-20(30)12-18)27-32-22-8-3-4-9-23(22)33-27/h3-14,38H,1-2H3,(H2,31,35)(H,32,33). The van der Waals surface area contributed by atoms with Crippen LogP contribution in [0, 0.1) is 25.5 Å². The lowest BCUT2D eigenvalue weighted by Crippen LogP contribution is -2.26. The summed E-state index contributed by atoms with van der Waals surface area (Å²) < 4.78 is 59.1. The summed E-state index contributed by atoms with van der Waals surface area (Å²) in [5.41, 5.74) is 7.12. The smallest absolute Gasteiger partial charge is 0.285 e. The van der Waals surface area contributed by atoms with Crippen LogP contribution in [-0.4, -0.2) is 45.0 Å². The molecule has 0 saturated carbocycles. The number of allylic oxidation sites excluding steroid dienone is 1. The minimum absolute atomic E-state index is 0.0987. The van der Waals surface area contributed by atoms with Gasteiger partial charge < -0.3 is 15.8 Å². The van der Waals surface area contributed by atoms with E-state index in [9.17, 15) is 27.1 Å². The average molecular weight is 577 g/mol. The number of para-hydroxylation sites is 2. The molecular weight excluding hydrogens is 554 g/mol. The summed E-state index contributed by atoms with van der Waals surface area (Å²) in [5.74, 6) is -4.10. The Labute approximate surface area is 232 Å². The van der Waals surface area contributed by atoms with Gasteiger partial charge in [0.05, 0.1) is 21.6 Å². The second-order valence-corrected chi connectivity index (χ2v) is 10.7. The molecule has 2 aromatic heterocycles. The maximum Gasteiger partial charge on any atom is 0.285 e. The molecular formula is C28H22F2N6O4S. The van der Waals surface area contributed by atoms with E-state index in [0.29, 0.717) is 28.5 Å². The predicted octanol–water partition coefficient (Wildman–Crippen LogP) is 4.52. The highest BCUT2D eigenvalue weighted by atomic mass is 32.2. The first-order valence-electron chi connectivity index (χ1n) is 12.1. The lowest BCUT2D eigenvalue weighted by atomic mass is 9.98. The molecule has 4 N–H and O–H groups in total. The molecule has 5 aromatic rings. The second-order valence-electron chi connectivity index (χ2n) is 9.10. The monoisotopic (exact) mass is 576 g/mol. The number of aliphatic hydroxyl groups excluding tert-OH is 1. The first-order valence-corrected chi connectivity index (χ1v) is 13.5. The third kappa shape index (κ3) is 5.47. The van der Waals surface area contributed by atoms with Gasteiger partial charge in [-0.05, 0) is 56.3 Å². The van der Waals surface area contributed by atoms with E-state index in [4.69, 9.17) is 5.73 Å². The van der Waals surface area contributed by atoms with Crippen molar-refractivity contribution in [3.63, 3.8) is 0 Å². The molecule has 41 heavy (non-hydrogen) atoms. The van der Waals surface area contributed by atoms with E-state index in [1.807, 2.05) is 0 Å². The van der Waals surface area contributed by atoms with Crippen LogP contribution in [0.25, 0.3) is 22.4 Å². The van der Waals surface area contributed by atoms with Gasteiger partial charge in [-0.3, -0.25) is 4.79 Å². The summed E-state index contributed by atoms with van der Waals surface area (Å²) in [4.78, 5) is 20.8. The number of nitrogens with two attached hydrogens (primary N) is 1. The Balaban J connectivity index is 1.63. The number of ketones is 1. The number of H-pyrrole nitrogens is 1. The van der Waals surface area contributed by atoms with Gasteiger partial charge >= 0.3 is 0 Å². The molecule has 0 aliphatic rings. The fourth-order valence-corrected chi connectivity index (χ4v) is 5.21. The minimum Gasteiger partial charge on any atom is -0.506 e. The number of carbonyl (C=O) groups excluding carboxylic acids is 1. The van der Waals surface area contributed by atoms with Crippen LogP contribution in [0.4, 0.5) is 8.78 Å². The fourth-order valence-electron chi connectivity index (χ4n) is 4.25. The van der Waals surface area contributed by atoms with Crippen molar-refractivity contribution < 1.29 is 27.1 Å². The van der Waals surface area contributed by atoms with E-state index in [-0.39, 0.29) is 21.8 Å². The highest BCUT2D eigenvalue weighted by Crippen LogP contribution is 2.30. The lowest BCUT2D eigenvalue weighted by molar-refractivity contribution is 0.105. The van der Waals surface area contributed by atoms with Crippen LogP contribution in [0.2, 0.25) is 0 Å². The number of aromatic nitrogens is 4. The number of aryl methyl sites for hydroxylation is 2. The van der Waals surface area contributed by atoms with E-state index < -0.39 is 44.7 Å². The lowest BCUT2D eigenvalue weighted by Gasteiger charge is -2.10. The predicted molar refractivity (Wildman–Crippen MR) is 149 cm³/mol. The quantitative estimate of drug-likeness (QED) is 0.0882. The number of aliphatic hydroxyl groups is 1. The molecule has 0 atom stereocenters. The van der Waals surface area contributed by atoms with Gasteiger partial charge in [0.25, 0.3) is 10.0 Å².